The predicted molar refractivity (Wildman–Crippen MR) is 135 cm³/mol. The highest BCUT2D eigenvalue weighted by Crippen LogP contribution is 2.41. The number of ether oxygens (including phenoxy) is 1. The molecule has 35 heavy (non-hydrogen) atoms. The van der Waals surface area contributed by atoms with Crippen LogP contribution in [0.4, 0.5) is 11.5 Å². The molecule has 2 aliphatic carbocycles. The molecule has 0 radical (unpaired) electrons. The summed E-state index contributed by atoms with van der Waals surface area (Å²) in [6, 6.07) is 5.87. The normalized spacial score (nSPS) is 14.0. The van der Waals surface area contributed by atoms with E-state index in [1.54, 1.807) is 21.2 Å². The molecule has 1 aromatic heterocycles. The number of rotatable bonds is 10. The minimum absolute atomic E-state index is 0.0192. The van der Waals surface area contributed by atoms with Crippen molar-refractivity contribution in [2.24, 2.45) is 5.92 Å². The van der Waals surface area contributed by atoms with Crippen molar-refractivity contribution < 1.29 is 19.1 Å². The van der Waals surface area contributed by atoms with Gasteiger partial charge in [0.05, 0.1) is 12.7 Å². The Kier molecular flexibility index (Phi) is 7.33. The fourth-order valence-corrected chi connectivity index (χ4v) is 4.16. The van der Waals surface area contributed by atoms with E-state index >= 15 is 0 Å². The van der Waals surface area contributed by atoms with Crippen molar-refractivity contribution in [2.75, 3.05) is 38.4 Å². The van der Waals surface area contributed by atoms with Crippen LogP contribution in [0.5, 0.6) is 5.75 Å². The van der Waals surface area contributed by atoms with Crippen LogP contribution in [-0.4, -0.2) is 50.5 Å². The molecular weight excluding hydrogens is 446 g/mol. The van der Waals surface area contributed by atoms with E-state index in [1.165, 1.54) is 6.20 Å². The molecule has 0 spiro atoms. The zero-order valence-corrected chi connectivity index (χ0v) is 20.3. The van der Waals surface area contributed by atoms with E-state index in [4.69, 9.17) is 4.74 Å². The number of nitrogens with zero attached hydrogens (tertiary/aromatic N) is 1. The van der Waals surface area contributed by atoms with Crippen LogP contribution in [0.25, 0.3) is 11.6 Å². The summed E-state index contributed by atoms with van der Waals surface area (Å²) in [6.45, 7) is 0.662. The predicted octanol–water partition coefficient (Wildman–Crippen LogP) is 2.83. The summed E-state index contributed by atoms with van der Waals surface area (Å²) in [4.78, 5) is 40.7. The topological polar surface area (TPSA) is 121 Å². The Bertz CT molecular complexity index is 1190. The van der Waals surface area contributed by atoms with Crippen molar-refractivity contribution in [1.29, 1.82) is 0 Å². The number of amides is 3. The Balaban J connectivity index is 1.57. The molecule has 0 atom stereocenters. The minimum atomic E-state index is -0.227. The quantitative estimate of drug-likeness (QED) is 0.391. The Morgan fingerprint density at radius 2 is 1.94 bits per heavy atom. The second-order valence-electron chi connectivity index (χ2n) is 8.72. The molecular formula is C26H31N5O4. The molecule has 2 aromatic rings. The van der Waals surface area contributed by atoms with Crippen molar-refractivity contribution in [1.82, 2.24) is 15.6 Å². The van der Waals surface area contributed by atoms with E-state index in [2.05, 4.69) is 26.3 Å². The summed E-state index contributed by atoms with van der Waals surface area (Å²) < 4.78 is 5.68. The number of pyridine rings is 1. The van der Waals surface area contributed by atoms with Gasteiger partial charge in [-0.15, -0.1) is 0 Å². The van der Waals surface area contributed by atoms with E-state index in [0.29, 0.717) is 36.5 Å². The van der Waals surface area contributed by atoms with Crippen LogP contribution in [0.3, 0.4) is 0 Å². The van der Waals surface area contributed by atoms with Gasteiger partial charge in [-0.25, -0.2) is 4.98 Å². The maximum Gasteiger partial charge on any atom is 0.253 e. The van der Waals surface area contributed by atoms with Crippen molar-refractivity contribution in [3.63, 3.8) is 0 Å². The van der Waals surface area contributed by atoms with E-state index in [-0.39, 0.29) is 23.6 Å². The molecule has 4 rings (SSSR count). The minimum Gasteiger partial charge on any atom is -0.496 e. The fourth-order valence-electron chi connectivity index (χ4n) is 4.16. The van der Waals surface area contributed by atoms with Gasteiger partial charge in [0.2, 0.25) is 11.8 Å². The van der Waals surface area contributed by atoms with Crippen LogP contribution in [0.15, 0.2) is 24.4 Å². The Labute approximate surface area is 204 Å². The summed E-state index contributed by atoms with van der Waals surface area (Å²) in [7, 11) is 4.84. The lowest BCUT2D eigenvalue weighted by Crippen LogP contribution is -2.21. The summed E-state index contributed by atoms with van der Waals surface area (Å²) in [6.07, 6.45) is 6.99. The van der Waals surface area contributed by atoms with Gasteiger partial charge in [-0.2, -0.15) is 0 Å². The van der Waals surface area contributed by atoms with Crippen molar-refractivity contribution in [3.8, 4) is 5.75 Å². The van der Waals surface area contributed by atoms with Crippen LogP contribution in [0.2, 0.25) is 0 Å². The molecule has 0 saturated heterocycles. The van der Waals surface area contributed by atoms with Gasteiger partial charge in [0.1, 0.15) is 11.6 Å². The number of carbonyl (C=O) groups is 3. The highest BCUT2D eigenvalue weighted by Gasteiger charge is 2.32. The summed E-state index contributed by atoms with van der Waals surface area (Å²) in [5.74, 6) is 1.02. The smallest absolute Gasteiger partial charge is 0.253 e. The third-order valence-electron chi connectivity index (χ3n) is 6.31. The molecule has 0 bridgehead atoms. The lowest BCUT2D eigenvalue weighted by molar-refractivity contribution is -0.120. The Morgan fingerprint density at radius 1 is 1.14 bits per heavy atom. The largest absolute Gasteiger partial charge is 0.496 e. The number of nitrogens with one attached hydrogen (secondary N) is 4. The molecule has 1 saturated carbocycles. The maximum absolute atomic E-state index is 12.5. The summed E-state index contributed by atoms with van der Waals surface area (Å²) in [5.41, 5.74) is 4.83. The van der Waals surface area contributed by atoms with Gasteiger partial charge in [-0.05, 0) is 48.6 Å². The van der Waals surface area contributed by atoms with E-state index in [1.807, 2.05) is 24.3 Å². The van der Waals surface area contributed by atoms with Crippen LogP contribution >= 0.6 is 0 Å². The molecule has 0 unspecified atom stereocenters. The van der Waals surface area contributed by atoms with Crippen LogP contribution in [0.1, 0.15) is 52.7 Å². The molecule has 2 aliphatic rings. The van der Waals surface area contributed by atoms with Gasteiger partial charge in [-0.3, -0.25) is 14.4 Å². The molecule has 4 N–H and O–H groups in total. The number of hydrogen-bond donors (Lipinski definition) is 4. The standard InChI is InChI=1S/C26H31N5O4/c1-27-23(32)5-4-10-29-17-8-9-18(22(13-17)35-3)16-11-19-20(12-16)24(31-25(33)15-6-7-15)30-14-21(19)26(34)28-2/h8-9,11,13-15,29H,4-7,10,12H2,1-3H3,(H,27,32)(H,28,34)(H,30,31,33). The van der Waals surface area contributed by atoms with Crippen molar-refractivity contribution >= 4 is 40.9 Å². The van der Waals surface area contributed by atoms with E-state index in [9.17, 15) is 14.4 Å². The number of carbonyl (C=O) groups excluding carboxylic acids is 3. The van der Waals surface area contributed by atoms with Crippen LogP contribution < -0.4 is 26.0 Å². The summed E-state index contributed by atoms with van der Waals surface area (Å²) in [5, 5.41) is 11.6. The molecule has 1 fully saturated rings. The van der Waals surface area contributed by atoms with E-state index < -0.39 is 0 Å². The molecule has 184 valence electrons. The maximum atomic E-state index is 12.5. The van der Waals surface area contributed by atoms with Gasteiger partial charge >= 0.3 is 0 Å². The molecule has 9 nitrogen and oxygen atoms in total. The third-order valence-corrected chi connectivity index (χ3v) is 6.31. The lowest BCUT2D eigenvalue weighted by atomic mass is 10.0. The highest BCUT2D eigenvalue weighted by molar-refractivity contribution is 6.05. The Morgan fingerprint density at radius 3 is 2.63 bits per heavy atom. The van der Waals surface area contributed by atoms with E-state index in [0.717, 1.165) is 47.2 Å². The SMILES string of the molecule is CNC(=O)CCCNc1ccc(C2=Cc3c(C(=O)NC)cnc(NC(=O)C4CC4)c3C2)c(OC)c1. The zero-order valence-electron chi connectivity index (χ0n) is 20.3. The highest BCUT2D eigenvalue weighted by atomic mass is 16.5. The molecule has 9 heteroatoms. The first-order chi connectivity index (χ1) is 16.9. The third kappa shape index (κ3) is 5.45. The van der Waals surface area contributed by atoms with Gasteiger partial charge in [-0.1, -0.05) is 0 Å². The lowest BCUT2D eigenvalue weighted by Gasteiger charge is -2.14. The van der Waals surface area contributed by atoms with Crippen LogP contribution in [-0.2, 0) is 16.0 Å². The summed E-state index contributed by atoms with van der Waals surface area (Å²) >= 11 is 0. The average Bonchev–Trinajstić information content (AvgIpc) is 3.64. The number of fused-ring (bicyclic) bond motifs is 1. The monoisotopic (exact) mass is 477 g/mol. The first kappa shape index (κ1) is 24.3. The fraction of sp³-hybridized carbons (Fsp3) is 0.385. The van der Waals surface area contributed by atoms with Crippen LogP contribution in [0, 0.1) is 5.92 Å². The second-order valence-corrected chi connectivity index (χ2v) is 8.72. The van der Waals surface area contributed by atoms with Gasteiger partial charge < -0.3 is 26.0 Å². The molecule has 1 aromatic carbocycles. The zero-order chi connectivity index (χ0) is 24.9. The van der Waals surface area contributed by atoms with Gasteiger partial charge in [0.15, 0.2) is 0 Å². The number of anilines is 2. The molecule has 3 amide bonds. The van der Waals surface area contributed by atoms with Gasteiger partial charge in [0.25, 0.3) is 5.91 Å². The average molecular weight is 478 g/mol. The number of aromatic nitrogens is 1. The second kappa shape index (κ2) is 10.6. The number of allylic oxidation sites excluding steroid dienone is 1. The first-order valence-electron chi connectivity index (χ1n) is 11.8. The number of methoxy groups -OCH3 is 1. The Hall–Kier alpha value is -3.88. The molecule has 0 aliphatic heterocycles. The number of benzene rings is 1. The first-order valence-corrected chi connectivity index (χ1v) is 11.8. The van der Waals surface area contributed by atoms with Crippen molar-refractivity contribution in [2.45, 2.75) is 32.1 Å². The molecule has 1 heterocycles. The van der Waals surface area contributed by atoms with Crippen molar-refractivity contribution in [3.05, 3.63) is 46.6 Å². The number of hydrogen-bond acceptors (Lipinski definition) is 6. The van der Waals surface area contributed by atoms with Gasteiger partial charge in [0, 0.05) is 68.5 Å².